The average Bonchev–Trinajstić information content (AvgIpc) is 1.85. The molecule has 0 aliphatic carbocycles. The van der Waals surface area contributed by atoms with Crippen LogP contribution in [-0.4, -0.2) is 0 Å². The van der Waals surface area contributed by atoms with Crippen LogP contribution in [0.25, 0.3) is 0 Å². The van der Waals surface area contributed by atoms with E-state index in [1.165, 1.54) is 5.31 Å². The lowest BCUT2D eigenvalue weighted by atomic mass is 10.3. The fraction of sp³-hybridized carbons (Fsp3) is 0.250. The minimum atomic E-state index is 0.951. The standard InChI is InChI=1S/C8H13P/c1-3-5-7-8(9)6-4-2/h3-4,7H,1-2,5-6,9H2. The molecule has 0 aliphatic heterocycles. The Morgan fingerprint density at radius 3 is 2.44 bits per heavy atom. The first kappa shape index (κ1) is 8.65. The lowest BCUT2D eigenvalue weighted by molar-refractivity contribution is 1.30. The summed E-state index contributed by atoms with van der Waals surface area (Å²) in [6.45, 7) is 7.24. The third kappa shape index (κ3) is 5.52. The number of hydrogen-bond acceptors (Lipinski definition) is 0. The van der Waals surface area contributed by atoms with Crippen molar-refractivity contribution in [3.05, 3.63) is 36.7 Å². The largest absolute Gasteiger partial charge is 0.110 e. The maximum atomic E-state index is 3.63. The van der Waals surface area contributed by atoms with Crippen molar-refractivity contribution in [3.8, 4) is 0 Å². The average molecular weight is 140 g/mol. The molecule has 0 aromatic carbocycles. The van der Waals surface area contributed by atoms with Crippen molar-refractivity contribution in [1.82, 2.24) is 0 Å². The maximum Gasteiger partial charge on any atom is -0.0104 e. The Kier molecular flexibility index (Phi) is 5.56. The van der Waals surface area contributed by atoms with E-state index in [9.17, 15) is 0 Å². The zero-order chi connectivity index (χ0) is 7.11. The lowest BCUT2D eigenvalue weighted by Crippen LogP contribution is -1.65. The van der Waals surface area contributed by atoms with Gasteiger partial charge in [-0.25, -0.2) is 0 Å². The van der Waals surface area contributed by atoms with Crippen LogP contribution < -0.4 is 0 Å². The monoisotopic (exact) mass is 140 g/mol. The summed E-state index contributed by atoms with van der Waals surface area (Å²) in [6.07, 6.45) is 7.81. The molecule has 0 spiro atoms. The van der Waals surface area contributed by atoms with Crippen molar-refractivity contribution in [2.24, 2.45) is 0 Å². The van der Waals surface area contributed by atoms with Gasteiger partial charge in [-0.05, 0) is 12.8 Å². The van der Waals surface area contributed by atoms with Gasteiger partial charge in [0.05, 0.1) is 0 Å². The Hall–Kier alpha value is -0.350. The van der Waals surface area contributed by atoms with Crippen molar-refractivity contribution in [2.45, 2.75) is 12.8 Å². The third-order valence-electron chi connectivity index (χ3n) is 0.927. The SMILES string of the molecule is C=CCC=C(P)CC=C. The van der Waals surface area contributed by atoms with Gasteiger partial charge in [0.15, 0.2) is 0 Å². The van der Waals surface area contributed by atoms with Gasteiger partial charge in [-0.1, -0.05) is 23.5 Å². The molecule has 0 N–H and O–H groups in total. The van der Waals surface area contributed by atoms with E-state index in [1.807, 2.05) is 12.2 Å². The van der Waals surface area contributed by atoms with Gasteiger partial charge in [-0.3, -0.25) is 0 Å². The van der Waals surface area contributed by atoms with Crippen LogP contribution in [-0.2, 0) is 0 Å². The van der Waals surface area contributed by atoms with Crippen LogP contribution in [0.1, 0.15) is 12.8 Å². The van der Waals surface area contributed by atoms with Gasteiger partial charge in [-0.15, -0.1) is 22.4 Å². The van der Waals surface area contributed by atoms with Gasteiger partial charge >= 0.3 is 0 Å². The summed E-state index contributed by atoms with van der Waals surface area (Å²) in [5, 5.41) is 1.28. The van der Waals surface area contributed by atoms with Crippen LogP contribution in [0.15, 0.2) is 36.7 Å². The van der Waals surface area contributed by atoms with E-state index >= 15 is 0 Å². The summed E-state index contributed by atoms with van der Waals surface area (Å²) >= 11 is 0. The first-order valence-corrected chi connectivity index (χ1v) is 3.55. The molecular weight excluding hydrogens is 127 g/mol. The summed E-state index contributed by atoms with van der Waals surface area (Å²) in [6, 6.07) is 0. The van der Waals surface area contributed by atoms with Gasteiger partial charge in [0.2, 0.25) is 0 Å². The molecule has 0 aromatic rings. The van der Waals surface area contributed by atoms with Gasteiger partial charge in [-0.2, -0.15) is 0 Å². The molecule has 0 aromatic heterocycles. The smallest absolute Gasteiger partial charge is 0.0104 e. The van der Waals surface area contributed by atoms with E-state index in [2.05, 4.69) is 28.5 Å². The predicted octanol–water partition coefficient (Wildman–Crippen LogP) is 2.90. The van der Waals surface area contributed by atoms with E-state index < -0.39 is 0 Å². The van der Waals surface area contributed by atoms with Gasteiger partial charge in [0.25, 0.3) is 0 Å². The first-order chi connectivity index (χ1) is 4.31. The Morgan fingerprint density at radius 2 is 2.00 bits per heavy atom. The minimum Gasteiger partial charge on any atom is -0.110 e. The number of allylic oxidation sites excluding steroid dienone is 4. The van der Waals surface area contributed by atoms with Crippen molar-refractivity contribution < 1.29 is 0 Å². The molecule has 0 saturated heterocycles. The van der Waals surface area contributed by atoms with Crippen molar-refractivity contribution >= 4 is 9.24 Å². The second-order valence-corrected chi connectivity index (χ2v) is 2.54. The van der Waals surface area contributed by atoms with Crippen molar-refractivity contribution in [1.29, 1.82) is 0 Å². The van der Waals surface area contributed by atoms with Crippen molar-refractivity contribution in [2.75, 3.05) is 0 Å². The van der Waals surface area contributed by atoms with Crippen LogP contribution in [0.5, 0.6) is 0 Å². The molecule has 0 bridgehead atoms. The Morgan fingerprint density at radius 1 is 1.33 bits per heavy atom. The van der Waals surface area contributed by atoms with Crippen LogP contribution in [0.4, 0.5) is 0 Å². The topological polar surface area (TPSA) is 0 Å². The van der Waals surface area contributed by atoms with Gasteiger partial charge in [0, 0.05) is 0 Å². The summed E-state index contributed by atoms with van der Waals surface area (Å²) < 4.78 is 0. The normalized spacial score (nSPS) is 11.0. The summed E-state index contributed by atoms with van der Waals surface area (Å²) in [4.78, 5) is 0. The quantitative estimate of drug-likeness (QED) is 0.416. The fourth-order valence-electron chi connectivity index (χ4n) is 0.485. The molecule has 0 aliphatic rings. The lowest BCUT2D eigenvalue weighted by Gasteiger charge is -1.90. The molecule has 50 valence electrons. The van der Waals surface area contributed by atoms with Gasteiger partial charge < -0.3 is 0 Å². The van der Waals surface area contributed by atoms with E-state index in [1.54, 1.807) is 0 Å². The van der Waals surface area contributed by atoms with E-state index in [4.69, 9.17) is 0 Å². The van der Waals surface area contributed by atoms with Crippen molar-refractivity contribution in [3.63, 3.8) is 0 Å². The van der Waals surface area contributed by atoms with Crippen LogP contribution >= 0.6 is 9.24 Å². The molecule has 0 nitrogen and oxygen atoms in total. The predicted molar refractivity (Wildman–Crippen MR) is 47.4 cm³/mol. The highest BCUT2D eigenvalue weighted by Gasteiger charge is 1.80. The zero-order valence-corrected chi connectivity index (χ0v) is 6.79. The molecular formula is C8H13P. The molecule has 1 atom stereocenters. The number of rotatable bonds is 4. The first-order valence-electron chi connectivity index (χ1n) is 2.97. The Balaban J connectivity index is 3.53. The van der Waals surface area contributed by atoms with E-state index in [0.29, 0.717) is 0 Å². The zero-order valence-electron chi connectivity index (χ0n) is 5.64. The Labute approximate surface area is 59.6 Å². The molecule has 1 unspecified atom stereocenters. The minimum absolute atomic E-state index is 0.951. The van der Waals surface area contributed by atoms with Crippen LogP contribution in [0.2, 0.25) is 0 Å². The molecule has 0 saturated carbocycles. The molecule has 0 rings (SSSR count). The highest BCUT2D eigenvalue weighted by Crippen LogP contribution is 2.11. The maximum absolute atomic E-state index is 3.63. The molecule has 9 heavy (non-hydrogen) atoms. The van der Waals surface area contributed by atoms with Gasteiger partial charge in [0.1, 0.15) is 0 Å². The molecule has 1 heteroatoms. The second-order valence-electron chi connectivity index (χ2n) is 1.80. The molecule has 0 amide bonds. The highest BCUT2D eigenvalue weighted by atomic mass is 31.0. The highest BCUT2D eigenvalue weighted by molar-refractivity contribution is 7.22. The number of hydrogen-bond donors (Lipinski definition) is 0. The summed E-state index contributed by atoms with van der Waals surface area (Å²) in [5.41, 5.74) is 0. The van der Waals surface area contributed by atoms with Crippen LogP contribution in [0.3, 0.4) is 0 Å². The summed E-state index contributed by atoms with van der Waals surface area (Å²) in [5.74, 6) is 0. The van der Waals surface area contributed by atoms with E-state index in [-0.39, 0.29) is 0 Å². The molecule has 0 heterocycles. The fourth-order valence-corrected chi connectivity index (χ4v) is 0.787. The molecule has 0 radical (unpaired) electrons. The molecule has 0 fully saturated rings. The second kappa shape index (κ2) is 5.78. The third-order valence-corrected chi connectivity index (χ3v) is 1.40. The van der Waals surface area contributed by atoms with E-state index in [0.717, 1.165) is 12.8 Å². The van der Waals surface area contributed by atoms with Crippen LogP contribution in [0, 0.1) is 0 Å². The summed E-state index contributed by atoms with van der Waals surface area (Å²) in [7, 11) is 2.67. The Bertz CT molecular complexity index is 123.